The van der Waals surface area contributed by atoms with Gasteiger partial charge in [-0.3, -0.25) is 4.98 Å². The van der Waals surface area contributed by atoms with E-state index in [4.69, 9.17) is 4.74 Å². The molecule has 3 heterocycles. The van der Waals surface area contributed by atoms with Crippen LogP contribution in [-0.2, 0) is 4.74 Å². The van der Waals surface area contributed by atoms with Gasteiger partial charge in [-0.15, -0.1) is 0 Å². The molecule has 0 saturated carbocycles. The SMILES string of the molecule is Cc1ccc(C(C#N)c2ccnc(NCC3CCCO3)n2)nc1. The first-order chi connectivity index (χ1) is 11.3. The highest BCUT2D eigenvalue weighted by atomic mass is 16.5. The van der Waals surface area contributed by atoms with Crippen LogP contribution < -0.4 is 5.32 Å². The number of aryl methyl sites for hydroxylation is 1. The van der Waals surface area contributed by atoms with Crippen molar-refractivity contribution >= 4 is 5.95 Å². The van der Waals surface area contributed by atoms with Gasteiger partial charge in [0.05, 0.1) is 23.6 Å². The Kier molecular flexibility index (Phi) is 4.79. The smallest absolute Gasteiger partial charge is 0.222 e. The van der Waals surface area contributed by atoms with E-state index in [0.29, 0.717) is 23.9 Å². The minimum Gasteiger partial charge on any atom is -0.376 e. The molecule has 2 atom stereocenters. The Morgan fingerprint density at radius 3 is 2.96 bits per heavy atom. The first kappa shape index (κ1) is 15.4. The molecule has 2 aromatic heterocycles. The number of nitrogens with zero attached hydrogens (tertiary/aromatic N) is 4. The first-order valence-electron chi connectivity index (χ1n) is 7.77. The van der Waals surface area contributed by atoms with Crippen molar-refractivity contribution in [2.45, 2.75) is 31.8 Å². The molecule has 2 unspecified atom stereocenters. The molecule has 2 aromatic rings. The number of nitriles is 1. The molecule has 0 radical (unpaired) electrons. The van der Waals surface area contributed by atoms with Gasteiger partial charge < -0.3 is 10.1 Å². The van der Waals surface area contributed by atoms with E-state index < -0.39 is 5.92 Å². The molecule has 3 rings (SSSR count). The molecule has 0 aliphatic carbocycles. The average Bonchev–Trinajstić information content (AvgIpc) is 3.09. The molecule has 1 aliphatic rings. The van der Waals surface area contributed by atoms with Crippen LogP contribution in [0.5, 0.6) is 0 Å². The van der Waals surface area contributed by atoms with E-state index >= 15 is 0 Å². The minimum atomic E-state index is -0.498. The van der Waals surface area contributed by atoms with Crippen molar-refractivity contribution in [1.82, 2.24) is 15.0 Å². The highest BCUT2D eigenvalue weighted by Crippen LogP contribution is 2.21. The summed E-state index contributed by atoms with van der Waals surface area (Å²) in [5.74, 6) is 0.0206. The Balaban J connectivity index is 1.74. The molecule has 0 spiro atoms. The summed E-state index contributed by atoms with van der Waals surface area (Å²) in [6, 6.07) is 7.84. The van der Waals surface area contributed by atoms with E-state index in [1.54, 1.807) is 18.5 Å². The van der Waals surface area contributed by atoms with Crippen LogP contribution >= 0.6 is 0 Å². The number of nitrogens with one attached hydrogen (secondary N) is 1. The molecule has 0 aromatic carbocycles. The number of hydrogen-bond acceptors (Lipinski definition) is 6. The minimum absolute atomic E-state index is 0.216. The summed E-state index contributed by atoms with van der Waals surface area (Å²) in [5.41, 5.74) is 2.41. The van der Waals surface area contributed by atoms with Gasteiger partial charge >= 0.3 is 0 Å². The highest BCUT2D eigenvalue weighted by molar-refractivity contribution is 5.34. The fourth-order valence-corrected chi connectivity index (χ4v) is 2.56. The third-order valence-corrected chi connectivity index (χ3v) is 3.84. The number of rotatable bonds is 5. The van der Waals surface area contributed by atoms with Crippen molar-refractivity contribution in [3.63, 3.8) is 0 Å². The second kappa shape index (κ2) is 7.16. The molecular weight excluding hydrogens is 290 g/mol. The molecule has 118 valence electrons. The normalized spacial score (nSPS) is 18.3. The second-order valence-corrected chi connectivity index (χ2v) is 5.64. The Morgan fingerprint density at radius 2 is 2.26 bits per heavy atom. The first-order valence-corrected chi connectivity index (χ1v) is 7.77. The van der Waals surface area contributed by atoms with Gasteiger partial charge in [-0.2, -0.15) is 5.26 Å². The Morgan fingerprint density at radius 1 is 1.35 bits per heavy atom. The van der Waals surface area contributed by atoms with E-state index in [2.05, 4.69) is 26.3 Å². The largest absolute Gasteiger partial charge is 0.376 e. The van der Waals surface area contributed by atoms with Crippen LogP contribution in [-0.4, -0.2) is 34.2 Å². The van der Waals surface area contributed by atoms with Crippen LogP contribution in [0.1, 0.15) is 35.7 Å². The fraction of sp³-hybridized carbons (Fsp3) is 0.412. The van der Waals surface area contributed by atoms with Gasteiger partial charge in [0.1, 0.15) is 5.92 Å². The van der Waals surface area contributed by atoms with Gasteiger partial charge in [0, 0.05) is 25.5 Å². The summed E-state index contributed by atoms with van der Waals surface area (Å²) < 4.78 is 5.57. The Labute approximate surface area is 135 Å². The monoisotopic (exact) mass is 309 g/mol. The van der Waals surface area contributed by atoms with E-state index in [1.165, 1.54) is 0 Å². The number of ether oxygens (including phenoxy) is 1. The lowest BCUT2D eigenvalue weighted by molar-refractivity contribution is 0.120. The maximum absolute atomic E-state index is 9.50. The lowest BCUT2D eigenvalue weighted by Gasteiger charge is -2.12. The van der Waals surface area contributed by atoms with Gasteiger partial charge in [0.2, 0.25) is 5.95 Å². The predicted octanol–water partition coefficient (Wildman–Crippen LogP) is 2.43. The van der Waals surface area contributed by atoms with Crippen molar-refractivity contribution in [2.75, 3.05) is 18.5 Å². The van der Waals surface area contributed by atoms with Crippen molar-refractivity contribution in [3.8, 4) is 6.07 Å². The molecular formula is C17H19N5O. The van der Waals surface area contributed by atoms with Crippen molar-refractivity contribution < 1.29 is 4.74 Å². The molecule has 0 bridgehead atoms. The standard InChI is InChI=1S/C17H19N5O/c1-12-4-5-15(20-10-12)14(9-18)16-6-7-19-17(22-16)21-11-13-3-2-8-23-13/h4-7,10,13-14H,2-3,8,11H2,1H3,(H,19,21,22). The maximum atomic E-state index is 9.50. The zero-order valence-corrected chi connectivity index (χ0v) is 13.1. The van der Waals surface area contributed by atoms with Crippen LogP contribution in [0.15, 0.2) is 30.6 Å². The summed E-state index contributed by atoms with van der Waals surface area (Å²) in [5, 5.41) is 12.7. The summed E-state index contributed by atoms with van der Waals surface area (Å²) in [4.78, 5) is 13.0. The quantitative estimate of drug-likeness (QED) is 0.913. The summed E-state index contributed by atoms with van der Waals surface area (Å²) in [7, 11) is 0. The topological polar surface area (TPSA) is 83.7 Å². The van der Waals surface area contributed by atoms with Gasteiger partial charge in [0.25, 0.3) is 0 Å². The third kappa shape index (κ3) is 3.82. The van der Waals surface area contributed by atoms with Crippen molar-refractivity contribution in [1.29, 1.82) is 5.26 Å². The van der Waals surface area contributed by atoms with Crippen LogP contribution in [0, 0.1) is 18.3 Å². The molecule has 6 heteroatoms. The molecule has 1 saturated heterocycles. The molecule has 0 amide bonds. The summed E-state index contributed by atoms with van der Waals surface area (Å²) in [6.07, 6.45) is 5.80. The van der Waals surface area contributed by atoms with E-state index in [9.17, 15) is 5.26 Å². The molecule has 6 nitrogen and oxygen atoms in total. The van der Waals surface area contributed by atoms with Crippen LogP contribution in [0.2, 0.25) is 0 Å². The van der Waals surface area contributed by atoms with Gasteiger partial charge in [-0.25, -0.2) is 9.97 Å². The van der Waals surface area contributed by atoms with Gasteiger partial charge in [0.15, 0.2) is 0 Å². The number of hydrogen-bond donors (Lipinski definition) is 1. The Bertz CT molecular complexity index is 689. The molecule has 23 heavy (non-hydrogen) atoms. The van der Waals surface area contributed by atoms with Crippen LogP contribution in [0.4, 0.5) is 5.95 Å². The highest BCUT2D eigenvalue weighted by Gasteiger charge is 2.18. The third-order valence-electron chi connectivity index (χ3n) is 3.84. The lowest BCUT2D eigenvalue weighted by Crippen LogP contribution is -2.20. The molecule has 1 N–H and O–H groups in total. The predicted molar refractivity (Wildman–Crippen MR) is 85.9 cm³/mol. The fourth-order valence-electron chi connectivity index (χ4n) is 2.56. The Hall–Kier alpha value is -2.52. The average molecular weight is 309 g/mol. The van der Waals surface area contributed by atoms with E-state index in [1.807, 2.05) is 19.1 Å². The summed E-state index contributed by atoms with van der Waals surface area (Å²) in [6.45, 7) is 3.47. The second-order valence-electron chi connectivity index (χ2n) is 5.64. The maximum Gasteiger partial charge on any atom is 0.222 e. The number of pyridine rings is 1. The zero-order chi connectivity index (χ0) is 16.1. The number of aromatic nitrogens is 3. The van der Waals surface area contributed by atoms with E-state index in [-0.39, 0.29) is 6.10 Å². The zero-order valence-electron chi connectivity index (χ0n) is 13.1. The lowest BCUT2D eigenvalue weighted by atomic mass is 10.0. The van der Waals surface area contributed by atoms with Crippen LogP contribution in [0.25, 0.3) is 0 Å². The van der Waals surface area contributed by atoms with Crippen molar-refractivity contribution in [3.05, 3.63) is 47.5 Å². The van der Waals surface area contributed by atoms with Gasteiger partial charge in [-0.1, -0.05) is 6.07 Å². The van der Waals surface area contributed by atoms with Crippen LogP contribution in [0.3, 0.4) is 0 Å². The number of anilines is 1. The summed E-state index contributed by atoms with van der Waals surface area (Å²) >= 11 is 0. The molecule has 1 fully saturated rings. The molecule has 1 aliphatic heterocycles. The van der Waals surface area contributed by atoms with Gasteiger partial charge in [-0.05, 0) is 37.5 Å². The van der Waals surface area contributed by atoms with E-state index in [0.717, 1.165) is 25.0 Å². The van der Waals surface area contributed by atoms with Crippen molar-refractivity contribution in [2.24, 2.45) is 0 Å².